The second kappa shape index (κ2) is 7.74. The highest BCUT2D eigenvalue weighted by Crippen LogP contribution is 2.42. The fourth-order valence-electron chi connectivity index (χ4n) is 3.87. The van der Waals surface area contributed by atoms with Crippen LogP contribution in [0.1, 0.15) is 50.4 Å². The molecular weight excluding hydrogens is 406 g/mol. The number of para-hydroxylation sites is 1. The normalized spacial score (nSPS) is 18.1. The van der Waals surface area contributed by atoms with Crippen LogP contribution in [0.2, 0.25) is 0 Å². The first-order chi connectivity index (χ1) is 17.8. The minimum Gasteiger partial charge on any atom is -0.366 e. The Labute approximate surface area is 194 Å². The quantitative estimate of drug-likeness (QED) is 0.569. The van der Waals surface area contributed by atoms with Gasteiger partial charge in [0.1, 0.15) is 17.2 Å². The molecule has 2 aliphatic rings. The molecule has 1 aromatic carbocycles. The lowest BCUT2D eigenvalue weighted by Crippen LogP contribution is -2.23. The summed E-state index contributed by atoms with van der Waals surface area (Å²) in [5.74, 6) is -0.610. The average Bonchev–Trinajstić information content (AvgIpc) is 3.56. The van der Waals surface area contributed by atoms with E-state index in [0.717, 1.165) is 17.6 Å². The van der Waals surface area contributed by atoms with Gasteiger partial charge in [-0.25, -0.2) is 4.98 Å². The Kier molecular flexibility index (Phi) is 3.47. The zero-order valence-corrected chi connectivity index (χ0v) is 17.3. The van der Waals surface area contributed by atoms with Crippen LogP contribution < -0.4 is 15.5 Å². The van der Waals surface area contributed by atoms with Gasteiger partial charge in [0.05, 0.1) is 29.2 Å². The number of anilines is 4. The third kappa shape index (κ3) is 3.59. The number of nitrogens with zero attached hydrogens (tertiary/aromatic N) is 5. The molecule has 1 aliphatic heterocycles. The van der Waals surface area contributed by atoms with Crippen molar-refractivity contribution in [2.24, 2.45) is 12.9 Å². The second-order valence-corrected chi connectivity index (χ2v) is 7.95. The predicted octanol–water partition coefficient (Wildman–Crippen LogP) is 3.51. The molecule has 9 nitrogen and oxygen atoms in total. The lowest BCUT2D eigenvalue weighted by molar-refractivity contribution is -0.117. The number of carbonyl (C=O) groups excluding carboxylic acids is 2. The van der Waals surface area contributed by atoms with E-state index in [1.54, 1.807) is 18.2 Å². The van der Waals surface area contributed by atoms with Gasteiger partial charge in [-0.3, -0.25) is 9.59 Å². The van der Waals surface area contributed by atoms with Crippen LogP contribution >= 0.6 is 0 Å². The SMILES string of the molecule is [2H]C([2H])([2H])CC(=O)c1cnc(NC(=O)C2CC2)cc1Nc1cccc2c1N(C)Cc1nn(C([2H])([2H])[2H])nc1-2. The molecule has 0 unspecified atom stereocenters. The summed E-state index contributed by atoms with van der Waals surface area (Å²) in [7, 11) is 1.82. The summed E-state index contributed by atoms with van der Waals surface area (Å²) in [4.78, 5) is 32.0. The molecule has 9 heteroatoms. The average molecular weight is 438 g/mol. The Balaban J connectivity index is 1.55. The van der Waals surface area contributed by atoms with E-state index in [-0.39, 0.29) is 28.9 Å². The first-order valence-electron chi connectivity index (χ1n) is 13.2. The molecule has 2 aromatic heterocycles. The molecule has 0 saturated heterocycles. The number of amides is 1. The van der Waals surface area contributed by atoms with Gasteiger partial charge in [-0.15, -0.1) is 0 Å². The maximum Gasteiger partial charge on any atom is 0.228 e. The van der Waals surface area contributed by atoms with E-state index in [9.17, 15) is 9.59 Å². The highest BCUT2D eigenvalue weighted by atomic mass is 16.2. The second-order valence-electron chi connectivity index (χ2n) is 7.95. The molecule has 1 fully saturated rings. The fraction of sp³-hybridized carbons (Fsp3) is 0.348. The van der Waals surface area contributed by atoms with Gasteiger partial charge in [-0.1, -0.05) is 19.0 Å². The predicted molar refractivity (Wildman–Crippen MR) is 122 cm³/mol. The number of rotatable bonds is 6. The van der Waals surface area contributed by atoms with Crippen molar-refractivity contribution in [1.29, 1.82) is 0 Å². The van der Waals surface area contributed by atoms with Crippen LogP contribution in [0.5, 0.6) is 0 Å². The van der Waals surface area contributed by atoms with Gasteiger partial charge in [-0.05, 0) is 18.9 Å². The van der Waals surface area contributed by atoms with Gasteiger partial charge in [-0.2, -0.15) is 15.0 Å². The first-order valence-corrected chi connectivity index (χ1v) is 10.2. The monoisotopic (exact) mass is 437 g/mol. The van der Waals surface area contributed by atoms with Crippen LogP contribution in [0.4, 0.5) is 22.9 Å². The number of aromatic nitrogens is 4. The van der Waals surface area contributed by atoms with E-state index < -0.39 is 26.0 Å². The molecule has 2 N–H and O–H groups in total. The molecule has 0 radical (unpaired) electrons. The topological polar surface area (TPSA) is 105 Å². The Morgan fingerprint density at radius 3 is 2.91 bits per heavy atom. The van der Waals surface area contributed by atoms with Gasteiger partial charge in [0.2, 0.25) is 5.91 Å². The summed E-state index contributed by atoms with van der Waals surface area (Å²) in [6.45, 7) is -4.70. The summed E-state index contributed by atoms with van der Waals surface area (Å²) < 4.78 is 45.5. The van der Waals surface area contributed by atoms with Crippen molar-refractivity contribution in [3.8, 4) is 11.3 Å². The first kappa shape index (κ1) is 14.3. The minimum atomic E-state index is -2.53. The lowest BCUT2D eigenvalue weighted by Gasteiger charge is -2.29. The van der Waals surface area contributed by atoms with Crippen molar-refractivity contribution in [3.05, 3.63) is 41.7 Å². The zero-order chi connectivity index (χ0) is 27.4. The van der Waals surface area contributed by atoms with Gasteiger partial charge in [0.25, 0.3) is 0 Å². The summed E-state index contributed by atoms with van der Waals surface area (Å²) >= 11 is 0. The highest BCUT2D eigenvalue weighted by Gasteiger charge is 2.30. The van der Waals surface area contributed by atoms with Gasteiger partial charge >= 0.3 is 0 Å². The van der Waals surface area contributed by atoms with E-state index in [0.29, 0.717) is 34.9 Å². The van der Waals surface area contributed by atoms with E-state index in [4.69, 9.17) is 8.22 Å². The van der Waals surface area contributed by atoms with Gasteiger partial charge < -0.3 is 15.5 Å². The Morgan fingerprint density at radius 1 is 1.25 bits per heavy atom. The maximum absolute atomic E-state index is 12.9. The lowest BCUT2D eigenvalue weighted by atomic mass is 10.0. The standard InChI is InChI=1S/C23H25N7O2/c1-4-19(31)15-11-24-20(26-23(32)13-8-9-13)10-17(15)25-16-7-5-6-14-21-18(27-30(3)28-21)12-29(2)22(14)16/h5-7,10-11,13H,4,8-9,12H2,1-3H3,(H2,24,25,26,32)/i1D3,3D3. The molecule has 0 spiro atoms. The third-order valence-electron chi connectivity index (χ3n) is 5.58. The molecule has 5 rings (SSSR count). The zero-order valence-electron chi connectivity index (χ0n) is 23.3. The van der Waals surface area contributed by atoms with Gasteiger partial charge in [0, 0.05) is 52.4 Å². The molecule has 1 saturated carbocycles. The number of aryl methyl sites for hydroxylation is 1. The van der Waals surface area contributed by atoms with Crippen LogP contribution in [-0.4, -0.2) is 38.7 Å². The smallest absolute Gasteiger partial charge is 0.228 e. The van der Waals surface area contributed by atoms with Crippen LogP contribution in [-0.2, 0) is 18.3 Å². The number of nitrogens with one attached hydrogen (secondary N) is 2. The van der Waals surface area contributed by atoms with E-state index in [1.165, 1.54) is 12.3 Å². The molecule has 3 heterocycles. The van der Waals surface area contributed by atoms with Crippen LogP contribution in [0.3, 0.4) is 0 Å². The molecule has 32 heavy (non-hydrogen) atoms. The number of hydrogen-bond acceptors (Lipinski definition) is 7. The van der Waals surface area contributed by atoms with Crippen molar-refractivity contribution in [2.75, 3.05) is 22.6 Å². The van der Waals surface area contributed by atoms with E-state index >= 15 is 0 Å². The Hall–Kier alpha value is -3.75. The van der Waals surface area contributed by atoms with Crippen LogP contribution in [0, 0.1) is 5.92 Å². The van der Waals surface area contributed by atoms with Crippen molar-refractivity contribution < 1.29 is 17.8 Å². The van der Waals surface area contributed by atoms with Crippen molar-refractivity contribution >= 4 is 34.6 Å². The summed E-state index contributed by atoms with van der Waals surface area (Å²) in [6.07, 6.45) is 2.20. The van der Waals surface area contributed by atoms with Crippen molar-refractivity contribution in [3.63, 3.8) is 0 Å². The summed E-state index contributed by atoms with van der Waals surface area (Å²) in [5.41, 5.74) is 3.18. The fourth-order valence-corrected chi connectivity index (χ4v) is 3.87. The minimum absolute atomic E-state index is 0.0580. The van der Waals surface area contributed by atoms with Crippen molar-refractivity contribution in [2.45, 2.75) is 32.7 Å². The summed E-state index contributed by atoms with van der Waals surface area (Å²) in [6, 6.07) is 6.82. The largest absolute Gasteiger partial charge is 0.366 e. The molecule has 3 aromatic rings. The summed E-state index contributed by atoms with van der Waals surface area (Å²) in [5, 5.41) is 14.3. The Bertz CT molecular complexity index is 1430. The van der Waals surface area contributed by atoms with E-state index in [2.05, 4.69) is 25.8 Å². The number of benzene rings is 1. The number of Topliss-reactive ketones (excluding diaryl/α,β-unsaturated/α-hetero) is 1. The molecule has 0 bridgehead atoms. The van der Waals surface area contributed by atoms with Gasteiger partial charge in [0.15, 0.2) is 5.78 Å². The van der Waals surface area contributed by atoms with Crippen LogP contribution in [0.15, 0.2) is 30.5 Å². The number of carbonyl (C=O) groups is 2. The van der Waals surface area contributed by atoms with Crippen LogP contribution in [0.25, 0.3) is 11.3 Å². The number of hydrogen-bond donors (Lipinski definition) is 2. The Morgan fingerprint density at radius 2 is 2.12 bits per heavy atom. The highest BCUT2D eigenvalue weighted by molar-refractivity contribution is 6.03. The number of fused-ring (bicyclic) bond motifs is 3. The maximum atomic E-state index is 12.9. The number of ketones is 1. The number of pyridine rings is 1. The van der Waals surface area contributed by atoms with E-state index in [1.807, 2.05) is 11.9 Å². The molecule has 164 valence electrons. The molecule has 1 amide bonds. The molecule has 1 aliphatic carbocycles. The molecular formula is C23H25N7O2. The third-order valence-corrected chi connectivity index (χ3v) is 5.58. The molecule has 0 atom stereocenters. The van der Waals surface area contributed by atoms with Crippen molar-refractivity contribution in [1.82, 2.24) is 20.0 Å².